The van der Waals surface area contributed by atoms with Gasteiger partial charge in [-0.2, -0.15) is 8.42 Å². The van der Waals surface area contributed by atoms with E-state index in [4.69, 9.17) is 10.7 Å². The van der Waals surface area contributed by atoms with Crippen LogP contribution in [0.3, 0.4) is 0 Å². The molecule has 5 heteroatoms. The Kier molecular flexibility index (Phi) is 3.39. The highest BCUT2D eigenvalue weighted by atomic mass is 35.7. The third-order valence-electron chi connectivity index (χ3n) is 1.96. The summed E-state index contributed by atoms with van der Waals surface area (Å²) in [7, 11) is 1.42. The van der Waals surface area contributed by atoms with Gasteiger partial charge in [0.15, 0.2) is 0 Å². The summed E-state index contributed by atoms with van der Waals surface area (Å²) in [6, 6.07) is 5.60. The minimum atomic E-state index is -3.71. The first-order valence-electron chi connectivity index (χ1n) is 4.25. The molecule has 0 radical (unpaired) electrons. The van der Waals surface area contributed by atoms with Crippen LogP contribution in [0.25, 0.3) is 0 Å². The van der Waals surface area contributed by atoms with E-state index in [1.807, 2.05) is 32.0 Å². The van der Waals surface area contributed by atoms with Gasteiger partial charge in [-0.1, -0.05) is 25.1 Å². The van der Waals surface area contributed by atoms with E-state index in [1.54, 1.807) is 0 Å². The van der Waals surface area contributed by atoms with Crippen LogP contribution in [0.5, 0.6) is 0 Å². The van der Waals surface area contributed by atoms with E-state index in [2.05, 4.69) is 4.72 Å². The fourth-order valence-electron chi connectivity index (χ4n) is 1.29. The van der Waals surface area contributed by atoms with Gasteiger partial charge in [-0.3, -0.25) is 4.72 Å². The van der Waals surface area contributed by atoms with Crippen LogP contribution in [-0.2, 0) is 15.7 Å². The first kappa shape index (κ1) is 11.3. The van der Waals surface area contributed by atoms with Gasteiger partial charge in [-0.25, -0.2) is 0 Å². The molecule has 0 aromatic heterocycles. The summed E-state index contributed by atoms with van der Waals surface area (Å²) < 4.78 is 24.1. The number of para-hydroxylation sites is 1. The molecule has 0 bridgehead atoms. The van der Waals surface area contributed by atoms with Gasteiger partial charge in [0.25, 0.3) is 0 Å². The Bertz CT molecular complexity index is 428. The maximum Gasteiger partial charge on any atom is 0.319 e. The lowest BCUT2D eigenvalue weighted by atomic mass is 10.1. The highest BCUT2D eigenvalue weighted by molar-refractivity contribution is 8.14. The van der Waals surface area contributed by atoms with Crippen molar-refractivity contribution in [2.75, 3.05) is 4.72 Å². The maximum atomic E-state index is 10.9. The number of hydrogen-bond acceptors (Lipinski definition) is 2. The summed E-state index contributed by atoms with van der Waals surface area (Å²) in [4.78, 5) is 0. The largest absolute Gasteiger partial charge is 0.319 e. The Labute approximate surface area is 88.6 Å². The molecule has 0 aliphatic heterocycles. The molecule has 1 rings (SSSR count). The van der Waals surface area contributed by atoms with Crippen LogP contribution in [0.4, 0.5) is 5.69 Å². The monoisotopic (exact) mass is 233 g/mol. The van der Waals surface area contributed by atoms with Gasteiger partial charge in [0.2, 0.25) is 0 Å². The fraction of sp³-hybridized carbons (Fsp3) is 0.333. The van der Waals surface area contributed by atoms with Gasteiger partial charge in [0.1, 0.15) is 0 Å². The number of rotatable bonds is 3. The standard InChI is InChI=1S/C9H12ClNO2S/c1-3-8-6-4-5-7(2)9(8)11-14(10,12)13/h4-6,11H,3H2,1-2H3. The second kappa shape index (κ2) is 4.19. The minimum Gasteiger partial charge on any atom is -0.270 e. The maximum absolute atomic E-state index is 10.9. The second-order valence-electron chi connectivity index (χ2n) is 3.00. The molecular weight excluding hydrogens is 222 g/mol. The third kappa shape index (κ3) is 2.89. The number of hydrogen-bond donors (Lipinski definition) is 1. The summed E-state index contributed by atoms with van der Waals surface area (Å²) in [5, 5.41) is 0. The number of benzene rings is 1. The third-order valence-corrected chi connectivity index (χ3v) is 2.64. The Morgan fingerprint density at radius 2 is 2.07 bits per heavy atom. The van der Waals surface area contributed by atoms with Gasteiger partial charge in [0, 0.05) is 10.7 Å². The van der Waals surface area contributed by atoms with Crippen LogP contribution in [0.1, 0.15) is 18.1 Å². The number of anilines is 1. The SMILES string of the molecule is CCc1cccc(C)c1NS(=O)(=O)Cl. The van der Waals surface area contributed by atoms with Gasteiger partial charge >= 0.3 is 9.24 Å². The summed E-state index contributed by atoms with van der Waals surface area (Å²) in [5.74, 6) is 0. The predicted molar refractivity (Wildman–Crippen MR) is 59.0 cm³/mol. The number of aryl methyl sites for hydroxylation is 2. The van der Waals surface area contributed by atoms with Gasteiger partial charge in [0.05, 0.1) is 5.69 Å². The molecule has 0 fully saturated rings. The molecule has 0 unspecified atom stereocenters. The second-order valence-corrected chi connectivity index (χ2v) is 5.30. The Morgan fingerprint density at radius 1 is 1.43 bits per heavy atom. The van der Waals surface area contributed by atoms with Crippen molar-refractivity contribution in [1.82, 2.24) is 0 Å². The molecule has 0 spiro atoms. The van der Waals surface area contributed by atoms with E-state index < -0.39 is 9.24 Å². The molecule has 0 aliphatic carbocycles. The zero-order valence-corrected chi connectivity index (χ0v) is 9.61. The number of halogens is 1. The molecule has 1 N–H and O–H groups in total. The Hall–Kier alpha value is -0.740. The zero-order valence-electron chi connectivity index (χ0n) is 8.04. The molecular formula is C9H12ClNO2S. The normalized spacial score (nSPS) is 11.4. The lowest BCUT2D eigenvalue weighted by Crippen LogP contribution is -2.07. The molecule has 1 aromatic rings. The van der Waals surface area contributed by atoms with Crippen LogP contribution in [0.2, 0.25) is 0 Å². The molecule has 0 atom stereocenters. The van der Waals surface area contributed by atoms with E-state index in [0.29, 0.717) is 5.69 Å². The highest BCUT2D eigenvalue weighted by Crippen LogP contribution is 2.22. The average molecular weight is 234 g/mol. The van der Waals surface area contributed by atoms with Crippen LogP contribution in [0.15, 0.2) is 18.2 Å². The van der Waals surface area contributed by atoms with Crippen LogP contribution < -0.4 is 4.72 Å². The summed E-state index contributed by atoms with van der Waals surface area (Å²) >= 11 is 0. The van der Waals surface area contributed by atoms with Crippen molar-refractivity contribution in [3.8, 4) is 0 Å². The van der Waals surface area contributed by atoms with Crippen LogP contribution in [0, 0.1) is 6.92 Å². The molecule has 1 aromatic carbocycles. The lowest BCUT2D eigenvalue weighted by molar-refractivity contribution is 0.614. The van der Waals surface area contributed by atoms with E-state index >= 15 is 0 Å². The summed E-state index contributed by atoms with van der Waals surface area (Å²) in [6.45, 7) is 3.80. The molecule has 0 saturated heterocycles. The Morgan fingerprint density at radius 3 is 2.57 bits per heavy atom. The quantitative estimate of drug-likeness (QED) is 0.816. The highest BCUT2D eigenvalue weighted by Gasteiger charge is 2.10. The summed E-state index contributed by atoms with van der Waals surface area (Å²) in [5.41, 5.74) is 2.40. The van der Waals surface area contributed by atoms with E-state index in [1.165, 1.54) is 0 Å². The molecule has 0 saturated carbocycles. The van der Waals surface area contributed by atoms with Gasteiger partial charge in [-0.05, 0) is 24.5 Å². The molecule has 14 heavy (non-hydrogen) atoms. The topological polar surface area (TPSA) is 46.2 Å². The van der Waals surface area contributed by atoms with Crippen molar-refractivity contribution in [3.63, 3.8) is 0 Å². The van der Waals surface area contributed by atoms with E-state index in [0.717, 1.165) is 17.5 Å². The lowest BCUT2D eigenvalue weighted by Gasteiger charge is -2.10. The van der Waals surface area contributed by atoms with E-state index in [-0.39, 0.29) is 0 Å². The Balaban J connectivity index is 3.18. The van der Waals surface area contributed by atoms with Crippen LogP contribution >= 0.6 is 10.7 Å². The predicted octanol–water partition coefficient (Wildman–Crippen LogP) is 2.45. The molecule has 0 heterocycles. The van der Waals surface area contributed by atoms with Crippen molar-refractivity contribution < 1.29 is 8.42 Å². The summed E-state index contributed by atoms with van der Waals surface area (Å²) in [6.07, 6.45) is 0.760. The van der Waals surface area contributed by atoms with Crippen molar-refractivity contribution in [3.05, 3.63) is 29.3 Å². The molecule has 0 aliphatic rings. The average Bonchev–Trinajstić information content (AvgIpc) is 2.06. The first-order valence-corrected chi connectivity index (χ1v) is 6.56. The van der Waals surface area contributed by atoms with E-state index in [9.17, 15) is 8.42 Å². The van der Waals surface area contributed by atoms with Crippen molar-refractivity contribution in [1.29, 1.82) is 0 Å². The van der Waals surface area contributed by atoms with Gasteiger partial charge in [-0.15, -0.1) is 0 Å². The zero-order chi connectivity index (χ0) is 10.8. The van der Waals surface area contributed by atoms with Gasteiger partial charge < -0.3 is 0 Å². The molecule has 3 nitrogen and oxygen atoms in total. The smallest absolute Gasteiger partial charge is 0.270 e. The fourth-order valence-corrected chi connectivity index (χ4v) is 2.06. The van der Waals surface area contributed by atoms with Crippen molar-refractivity contribution >= 4 is 25.6 Å². The first-order chi connectivity index (χ1) is 6.44. The van der Waals surface area contributed by atoms with Crippen LogP contribution in [-0.4, -0.2) is 8.42 Å². The molecule has 0 amide bonds. The minimum absolute atomic E-state index is 0.588. The van der Waals surface area contributed by atoms with Crippen molar-refractivity contribution in [2.24, 2.45) is 0 Å². The van der Waals surface area contributed by atoms with Crippen molar-refractivity contribution in [2.45, 2.75) is 20.3 Å². The number of nitrogens with one attached hydrogen (secondary N) is 1. The molecule has 78 valence electrons.